The quantitative estimate of drug-likeness (QED) is 0.378. The van der Waals surface area contributed by atoms with Gasteiger partial charge in [-0.3, -0.25) is 0 Å². The van der Waals surface area contributed by atoms with Crippen LogP contribution in [0.25, 0.3) is 22.2 Å². The zero-order chi connectivity index (χ0) is 23.6. The Morgan fingerprint density at radius 2 is 1.77 bits per heavy atom. The number of piperidine rings is 1. The number of rotatable bonds is 7. The van der Waals surface area contributed by atoms with Gasteiger partial charge in [0.2, 0.25) is 0 Å². The molecular formula is C29H33N5O. The number of fused-ring (bicyclic) bond motifs is 1. The van der Waals surface area contributed by atoms with E-state index in [1.165, 1.54) is 51.7 Å². The van der Waals surface area contributed by atoms with E-state index in [9.17, 15) is 0 Å². The van der Waals surface area contributed by atoms with Crippen molar-refractivity contribution in [1.82, 2.24) is 19.4 Å². The van der Waals surface area contributed by atoms with Gasteiger partial charge in [0, 0.05) is 24.3 Å². The molecule has 1 aliphatic carbocycles. The van der Waals surface area contributed by atoms with Gasteiger partial charge in [0.1, 0.15) is 30.1 Å². The number of anilines is 1. The minimum absolute atomic E-state index is 0.466. The number of likely N-dealkylation sites (tertiary alicyclic amines) is 1. The lowest BCUT2D eigenvalue weighted by atomic mass is 9.79. The van der Waals surface area contributed by atoms with E-state index in [0.717, 1.165) is 39.4 Å². The van der Waals surface area contributed by atoms with Gasteiger partial charge in [-0.05, 0) is 68.0 Å². The first-order valence-electron chi connectivity index (χ1n) is 12.8. The number of nitrogens with two attached hydrogens (primary N) is 1. The topological polar surface area (TPSA) is 69.2 Å². The number of benzene rings is 2. The highest BCUT2D eigenvalue weighted by atomic mass is 16.5. The molecule has 3 heterocycles. The second-order valence-electron chi connectivity index (χ2n) is 10.1. The minimum atomic E-state index is 0.466. The molecule has 2 aliphatic rings. The molecule has 2 aromatic heterocycles. The van der Waals surface area contributed by atoms with Gasteiger partial charge < -0.3 is 19.9 Å². The third kappa shape index (κ3) is 4.63. The number of hydrogen-bond acceptors (Lipinski definition) is 5. The molecule has 1 aliphatic heterocycles. The molecule has 6 rings (SSSR count). The summed E-state index contributed by atoms with van der Waals surface area (Å²) in [7, 11) is 0. The number of nitrogens with zero attached hydrogens (tertiary/aromatic N) is 4. The summed E-state index contributed by atoms with van der Waals surface area (Å²) in [6, 6.07) is 18.9. The van der Waals surface area contributed by atoms with Crippen molar-refractivity contribution in [3.63, 3.8) is 0 Å². The van der Waals surface area contributed by atoms with Crippen molar-refractivity contribution in [3.8, 4) is 16.9 Å². The second kappa shape index (κ2) is 9.70. The Morgan fingerprint density at radius 1 is 0.943 bits per heavy atom. The van der Waals surface area contributed by atoms with E-state index in [0.29, 0.717) is 18.5 Å². The number of ether oxygens (including phenoxy) is 1. The van der Waals surface area contributed by atoms with Crippen molar-refractivity contribution < 1.29 is 4.74 Å². The Balaban J connectivity index is 1.23. The monoisotopic (exact) mass is 467 g/mol. The Hall–Kier alpha value is -3.38. The molecule has 35 heavy (non-hydrogen) atoms. The van der Waals surface area contributed by atoms with E-state index in [1.807, 2.05) is 30.3 Å². The SMILES string of the molecule is Nc1ncnc2c1c(-c1cccc(OCc3ccccc3)c1)cn2[C@H]1C[C@H](CN2CCCCC2)C1. The lowest BCUT2D eigenvalue weighted by Crippen LogP contribution is -2.39. The molecule has 6 heteroatoms. The summed E-state index contributed by atoms with van der Waals surface area (Å²) in [5.74, 6) is 2.14. The van der Waals surface area contributed by atoms with Crippen LogP contribution in [-0.4, -0.2) is 39.1 Å². The van der Waals surface area contributed by atoms with Crippen LogP contribution in [-0.2, 0) is 6.61 Å². The Labute approximate surface area is 206 Å². The largest absolute Gasteiger partial charge is 0.489 e. The molecule has 4 aromatic rings. The van der Waals surface area contributed by atoms with Crippen LogP contribution in [0.5, 0.6) is 5.75 Å². The van der Waals surface area contributed by atoms with Crippen LogP contribution >= 0.6 is 0 Å². The average molecular weight is 468 g/mol. The molecule has 6 nitrogen and oxygen atoms in total. The van der Waals surface area contributed by atoms with Crippen molar-refractivity contribution in [3.05, 3.63) is 72.7 Å². The van der Waals surface area contributed by atoms with E-state index in [-0.39, 0.29) is 0 Å². The predicted molar refractivity (Wildman–Crippen MR) is 140 cm³/mol. The maximum absolute atomic E-state index is 6.39. The van der Waals surface area contributed by atoms with Gasteiger partial charge in [-0.25, -0.2) is 9.97 Å². The van der Waals surface area contributed by atoms with Gasteiger partial charge in [-0.15, -0.1) is 0 Å². The summed E-state index contributed by atoms with van der Waals surface area (Å²) in [6.45, 7) is 4.31. The molecule has 0 unspecified atom stereocenters. The highest BCUT2D eigenvalue weighted by Gasteiger charge is 2.33. The highest BCUT2D eigenvalue weighted by Crippen LogP contribution is 2.43. The molecule has 1 saturated heterocycles. The molecule has 0 amide bonds. The van der Waals surface area contributed by atoms with Crippen LogP contribution in [0.3, 0.4) is 0 Å². The summed E-state index contributed by atoms with van der Waals surface area (Å²) < 4.78 is 8.44. The molecule has 0 atom stereocenters. The van der Waals surface area contributed by atoms with Crippen LogP contribution in [0, 0.1) is 5.92 Å². The Morgan fingerprint density at radius 3 is 2.60 bits per heavy atom. The molecule has 0 bridgehead atoms. The normalized spacial score (nSPS) is 20.6. The van der Waals surface area contributed by atoms with Crippen molar-refractivity contribution in [2.75, 3.05) is 25.4 Å². The Bertz CT molecular complexity index is 1290. The van der Waals surface area contributed by atoms with Gasteiger partial charge in [0.25, 0.3) is 0 Å². The van der Waals surface area contributed by atoms with Crippen molar-refractivity contribution in [2.24, 2.45) is 5.92 Å². The van der Waals surface area contributed by atoms with Crippen LogP contribution in [0.15, 0.2) is 67.1 Å². The van der Waals surface area contributed by atoms with Crippen molar-refractivity contribution in [1.29, 1.82) is 0 Å². The first kappa shape index (κ1) is 22.1. The fourth-order valence-corrected chi connectivity index (χ4v) is 5.68. The zero-order valence-corrected chi connectivity index (χ0v) is 20.1. The predicted octanol–water partition coefficient (Wildman–Crippen LogP) is 5.70. The number of aromatic nitrogens is 3. The van der Waals surface area contributed by atoms with Gasteiger partial charge in [-0.1, -0.05) is 48.9 Å². The molecule has 1 saturated carbocycles. The highest BCUT2D eigenvalue weighted by molar-refractivity contribution is 6.00. The summed E-state index contributed by atoms with van der Waals surface area (Å²) in [4.78, 5) is 11.6. The van der Waals surface area contributed by atoms with Crippen LogP contribution in [0.1, 0.15) is 43.7 Å². The smallest absolute Gasteiger partial charge is 0.146 e. The fraction of sp³-hybridized carbons (Fsp3) is 0.379. The lowest BCUT2D eigenvalue weighted by Gasteiger charge is -2.40. The third-order valence-corrected chi connectivity index (χ3v) is 7.60. The number of nitrogen functional groups attached to an aromatic ring is 1. The number of hydrogen-bond donors (Lipinski definition) is 1. The van der Waals surface area contributed by atoms with Crippen molar-refractivity contribution in [2.45, 2.75) is 44.8 Å². The zero-order valence-electron chi connectivity index (χ0n) is 20.1. The second-order valence-corrected chi connectivity index (χ2v) is 10.1. The molecule has 180 valence electrons. The minimum Gasteiger partial charge on any atom is -0.489 e. The molecule has 2 N–H and O–H groups in total. The van der Waals surface area contributed by atoms with Crippen LogP contribution < -0.4 is 10.5 Å². The summed E-state index contributed by atoms with van der Waals surface area (Å²) in [5.41, 5.74) is 10.6. The van der Waals surface area contributed by atoms with E-state index < -0.39 is 0 Å². The van der Waals surface area contributed by atoms with E-state index >= 15 is 0 Å². The average Bonchev–Trinajstić information content (AvgIpc) is 3.27. The molecule has 0 spiro atoms. The summed E-state index contributed by atoms with van der Waals surface area (Å²) >= 11 is 0. The van der Waals surface area contributed by atoms with Crippen LogP contribution in [0.2, 0.25) is 0 Å². The van der Waals surface area contributed by atoms with Crippen molar-refractivity contribution >= 4 is 16.9 Å². The summed E-state index contributed by atoms with van der Waals surface area (Å²) in [5, 5.41) is 0.937. The molecular weight excluding hydrogens is 434 g/mol. The van der Waals surface area contributed by atoms with Gasteiger partial charge in [-0.2, -0.15) is 0 Å². The maximum Gasteiger partial charge on any atom is 0.146 e. The third-order valence-electron chi connectivity index (χ3n) is 7.60. The van der Waals surface area contributed by atoms with E-state index in [4.69, 9.17) is 10.5 Å². The Kier molecular flexibility index (Phi) is 6.13. The maximum atomic E-state index is 6.39. The summed E-state index contributed by atoms with van der Waals surface area (Å²) in [6.07, 6.45) is 10.3. The first-order chi connectivity index (χ1) is 17.2. The van der Waals surface area contributed by atoms with Gasteiger partial charge in [0.05, 0.1) is 5.39 Å². The standard InChI is InChI=1S/C29H33N5O/c30-28-27-26(23-10-7-11-25(16-23)35-19-21-8-3-1-4-9-21)18-34(29(27)32-20-31-28)24-14-22(15-24)17-33-12-5-2-6-13-33/h1,3-4,7-11,16,18,20,22,24H,2,5-6,12-15,17,19H2,(H2,30,31,32)/t22-,24-. The molecule has 2 aromatic carbocycles. The van der Waals surface area contributed by atoms with Gasteiger partial charge >= 0.3 is 0 Å². The van der Waals surface area contributed by atoms with E-state index in [1.54, 1.807) is 6.33 Å². The van der Waals surface area contributed by atoms with Crippen LogP contribution in [0.4, 0.5) is 5.82 Å². The fourth-order valence-electron chi connectivity index (χ4n) is 5.68. The van der Waals surface area contributed by atoms with Gasteiger partial charge in [0.15, 0.2) is 0 Å². The lowest BCUT2D eigenvalue weighted by molar-refractivity contribution is 0.117. The van der Waals surface area contributed by atoms with E-state index in [2.05, 4.69) is 49.9 Å². The first-order valence-corrected chi connectivity index (χ1v) is 12.8. The molecule has 0 radical (unpaired) electrons. The molecule has 2 fully saturated rings.